The molecule has 0 saturated heterocycles. The van der Waals surface area contributed by atoms with Gasteiger partial charge in [-0.3, -0.25) is 4.68 Å². The number of hydrogen-bond donors (Lipinski definition) is 0. The van der Waals surface area contributed by atoms with Crippen molar-refractivity contribution in [3.05, 3.63) is 17.5 Å². The molecule has 0 spiro atoms. The van der Waals surface area contributed by atoms with Gasteiger partial charge in [0.15, 0.2) is 0 Å². The highest BCUT2D eigenvalue weighted by molar-refractivity contribution is 5.06. The number of alkyl halides is 1. The Bertz CT molecular complexity index is 185. The third-order valence-corrected chi connectivity index (χ3v) is 1.30. The van der Waals surface area contributed by atoms with Gasteiger partial charge >= 0.3 is 0 Å². The second kappa shape index (κ2) is 2.17. The van der Waals surface area contributed by atoms with E-state index in [1.54, 1.807) is 17.8 Å². The summed E-state index contributed by atoms with van der Waals surface area (Å²) < 4.78 is 13.5. The molecule has 0 unspecified atom stereocenters. The van der Waals surface area contributed by atoms with Crippen molar-refractivity contribution in [3.63, 3.8) is 0 Å². The van der Waals surface area contributed by atoms with Gasteiger partial charge in [-0.15, -0.1) is 0 Å². The monoisotopic (exact) mass is 128 g/mol. The van der Waals surface area contributed by atoms with Crippen LogP contribution in [-0.4, -0.2) is 9.78 Å². The Kier molecular flexibility index (Phi) is 1.51. The van der Waals surface area contributed by atoms with Crippen LogP contribution in [0.3, 0.4) is 0 Å². The van der Waals surface area contributed by atoms with Crippen molar-refractivity contribution < 1.29 is 4.39 Å². The molecule has 0 atom stereocenters. The van der Waals surface area contributed by atoms with Crippen LogP contribution in [0, 0.1) is 6.92 Å². The average molecular weight is 128 g/mol. The molecular formula is C6H9FN2. The van der Waals surface area contributed by atoms with E-state index in [0.29, 0.717) is 5.69 Å². The fraction of sp³-hybridized carbons (Fsp3) is 0.500. The molecule has 0 aliphatic heterocycles. The fourth-order valence-corrected chi connectivity index (χ4v) is 0.700. The van der Waals surface area contributed by atoms with Gasteiger partial charge in [0.1, 0.15) is 6.67 Å². The predicted molar refractivity (Wildman–Crippen MR) is 32.8 cm³/mol. The zero-order chi connectivity index (χ0) is 6.85. The predicted octanol–water partition coefficient (Wildman–Crippen LogP) is 1.20. The lowest BCUT2D eigenvalue weighted by Gasteiger charge is -1.87. The first-order valence-electron chi connectivity index (χ1n) is 2.79. The van der Waals surface area contributed by atoms with Crippen molar-refractivity contribution in [2.75, 3.05) is 0 Å². The van der Waals surface area contributed by atoms with Crippen molar-refractivity contribution in [3.8, 4) is 0 Å². The highest BCUT2D eigenvalue weighted by Gasteiger charge is 1.97. The lowest BCUT2D eigenvalue weighted by atomic mass is 10.4. The van der Waals surface area contributed by atoms with Crippen LogP contribution < -0.4 is 0 Å². The molecular weight excluding hydrogens is 119 g/mol. The Labute approximate surface area is 53.3 Å². The van der Waals surface area contributed by atoms with Gasteiger partial charge in [-0.1, -0.05) is 0 Å². The maximum absolute atomic E-state index is 11.8. The molecule has 0 aromatic carbocycles. The van der Waals surface area contributed by atoms with Crippen LogP contribution in [0.4, 0.5) is 4.39 Å². The molecule has 1 heterocycles. The minimum absolute atomic E-state index is 0.471. The van der Waals surface area contributed by atoms with Gasteiger partial charge in [-0.25, -0.2) is 4.39 Å². The van der Waals surface area contributed by atoms with Crippen molar-refractivity contribution in [2.24, 2.45) is 7.05 Å². The van der Waals surface area contributed by atoms with Gasteiger partial charge in [0, 0.05) is 12.7 Å². The molecule has 2 nitrogen and oxygen atoms in total. The van der Waals surface area contributed by atoms with Crippen LogP contribution in [0.5, 0.6) is 0 Å². The van der Waals surface area contributed by atoms with Crippen molar-refractivity contribution >= 4 is 0 Å². The first-order chi connectivity index (χ1) is 4.24. The maximum Gasteiger partial charge on any atom is 0.133 e. The van der Waals surface area contributed by atoms with Gasteiger partial charge in [-0.2, -0.15) is 5.10 Å². The van der Waals surface area contributed by atoms with E-state index in [-0.39, 0.29) is 0 Å². The highest BCUT2D eigenvalue weighted by Crippen LogP contribution is 2.01. The Morgan fingerprint density at radius 3 is 2.67 bits per heavy atom. The zero-order valence-electron chi connectivity index (χ0n) is 5.56. The van der Waals surface area contributed by atoms with Gasteiger partial charge in [-0.05, 0) is 13.0 Å². The maximum atomic E-state index is 11.8. The SMILES string of the molecule is Cc1cc(CF)nn1C. The normalized spacial score (nSPS) is 10.1. The Morgan fingerprint density at radius 1 is 1.78 bits per heavy atom. The molecule has 0 radical (unpaired) electrons. The van der Waals surface area contributed by atoms with E-state index in [9.17, 15) is 4.39 Å². The summed E-state index contributed by atoms with van der Waals surface area (Å²) in [4.78, 5) is 0. The van der Waals surface area contributed by atoms with Crippen LogP contribution in [0.15, 0.2) is 6.07 Å². The number of aromatic nitrogens is 2. The van der Waals surface area contributed by atoms with Crippen LogP contribution in [0.2, 0.25) is 0 Å². The third kappa shape index (κ3) is 1.09. The molecule has 0 N–H and O–H groups in total. The highest BCUT2D eigenvalue weighted by atomic mass is 19.1. The second-order valence-electron chi connectivity index (χ2n) is 2.03. The van der Waals surface area contributed by atoms with Gasteiger partial charge < -0.3 is 0 Å². The van der Waals surface area contributed by atoms with Crippen LogP contribution in [-0.2, 0) is 13.7 Å². The van der Waals surface area contributed by atoms with E-state index in [2.05, 4.69) is 5.10 Å². The van der Waals surface area contributed by atoms with E-state index >= 15 is 0 Å². The number of rotatable bonds is 1. The smallest absolute Gasteiger partial charge is 0.133 e. The molecule has 0 bridgehead atoms. The summed E-state index contributed by atoms with van der Waals surface area (Å²) >= 11 is 0. The average Bonchev–Trinajstić information content (AvgIpc) is 2.13. The summed E-state index contributed by atoms with van der Waals surface area (Å²) in [6, 6.07) is 1.74. The Balaban J connectivity index is 2.98. The number of nitrogens with zero attached hydrogens (tertiary/aromatic N) is 2. The lowest BCUT2D eigenvalue weighted by Crippen LogP contribution is -1.92. The third-order valence-electron chi connectivity index (χ3n) is 1.30. The van der Waals surface area contributed by atoms with E-state index in [4.69, 9.17) is 0 Å². The number of halogens is 1. The quantitative estimate of drug-likeness (QED) is 0.555. The largest absolute Gasteiger partial charge is 0.273 e. The topological polar surface area (TPSA) is 17.8 Å². The van der Waals surface area contributed by atoms with Gasteiger partial charge in [0.25, 0.3) is 0 Å². The summed E-state index contributed by atoms with van der Waals surface area (Å²) in [5.41, 5.74) is 1.50. The van der Waals surface area contributed by atoms with Gasteiger partial charge in [0.2, 0.25) is 0 Å². The Hall–Kier alpha value is -0.860. The fourth-order valence-electron chi connectivity index (χ4n) is 0.700. The standard InChI is InChI=1S/C6H9FN2/c1-5-3-6(4-7)8-9(5)2/h3H,4H2,1-2H3. The van der Waals surface area contributed by atoms with E-state index in [0.717, 1.165) is 5.69 Å². The molecule has 1 aromatic heterocycles. The minimum atomic E-state index is -0.471. The minimum Gasteiger partial charge on any atom is -0.273 e. The van der Waals surface area contributed by atoms with E-state index < -0.39 is 6.67 Å². The molecule has 0 saturated carbocycles. The number of aryl methyl sites for hydroxylation is 2. The molecule has 0 aliphatic carbocycles. The molecule has 0 fully saturated rings. The van der Waals surface area contributed by atoms with Crippen LogP contribution in [0.25, 0.3) is 0 Å². The molecule has 0 aliphatic rings. The lowest BCUT2D eigenvalue weighted by molar-refractivity contribution is 0.471. The molecule has 1 rings (SSSR count). The Morgan fingerprint density at radius 2 is 2.44 bits per heavy atom. The molecule has 0 amide bonds. The molecule has 3 heteroatoms. The van der Waals surface area contributed by atoms with Gasteiger partial charge in [0.05, 0.1) is 5.69 Å². The zero-order valence-corrected chi connectivity index (χ0v) is 5.56. The van der Waals surface area contributed by atoms with Crippen molar-refractivity contribution in [1.82, 2.24) is 9.78 Å². The first-order valence-corrected chi connectivity index (χ1v) is 2.79. The molecule has 1 aromatic rings. The second-order valence-corrected chi connectivity index (χ2v) is 2.03. The summed E-state index contributed by atoms with van der Waals surface area (Å²) in [5.74, 6) is 0. The van der Waals surface area contributed by atoms with Crippen LogP contribution >= 0.6 is 0 Å². The summed E-state index contributed by atoms with van der Waals surface area (Å²) in [5, 5.41) is 3.87. The molecule has 50 valence electrons. The van der Waals surface area contributed by atoms with E-state index in [1.165, 1.54) is 0 Å². The van der Waals surface area contributed by atoms with E-state index in [1.807, 2.05) is 6.92 Å². The summed E-state index contributed by atoms with van der Waals surface area (Å²) in [6.07, 6.45) is 0. The molecule has 9 heavy (non-hydrogen) atoms. The number of hydrogen-bond acceptors (Lipinski definition) is 1. The van der Waals surface area contributed by atoms with Crippen molar-refractivity contribution in [1.29, 1.82) is 0 Å². The van der Waals surface area contributed by atoms with Crippen molar-refractivity contribution in [2.45, 2.75) is 13.6 Å². The summed E-state index contributed by atoms with van der Waals surface area (Å²) in [6.45, 7) is 1.42. The van der Waals surface area contributed by atoms with Crippen LogP contribution in [0.1, 0.15) is 11.4 Å². The first kappa shape index (κ1) is 6.26. The summed E-state index contributed by atoms with van der Waals surface area (Å²) in [7, 11) is 1.80.